The van der Waals surface area contributed by atoms with Crippen molar-refractivity contribution >= 4 is 17.5 Å². The van der Waals surface area contributed by atoms with Crippen LogP contribution in [0.15, 0.2) is 42.2 Å². The maximum Gasteiger partial charge on any atom is 0.341 e. The number of hydrogen-bond donors (Lipinski definition) is 1. The molecule has 0 bridgehead atoms. The average Bonchev–Trinajstić information content (AvgIpc) is 2.79. The van der Waals surface area contributed by atoms with Gasteiger partial charge in [-0.05, 0) is 24.6 Å². The van der Waals surface area contributed by atoms with Gasteiger partial charge in [0.05, 0.1) is 7.11 Å². The van der Waals surface area contributed by atoms with Gasteiger partial charge >= 0.3 is 11.9 Å². The molecule has 0 aliphatic carbocycles. The van der Waals surface area contributed by atoms with E-state index in [1.54, 1.807) is 19.1 Å². The van der Waals surface area contributed by atoms with E-state index in [1.807, 2.05) is 0 Å². The van der Waals surface area contributed by atoms with Gasteiger partial charge in [0, 0.05) is 11.6 Å². The van der Waals surface area contributed by atoms with Gasteiger partial charge in [-0.25, -0.2) is 9.59 Å². The van der Waals surface area contributed by atoms with Gasteiger partial charge in [-0.2, -0.15) is 0 Å². The van der Waals surface area contributed by atoms with Crippen molar-refractivity contribution < 1.29 is 28.9 Å². The van der Waals surface area contributed by atoms with Crippen LogP contribution in [0.5, 0.6) is 5.75 Å². The van der Waals surface area contributed by atoms with E-state index in [1.165, 1.54) is 31.6 Å². The molecule has 1 aliphatic rings. The molecule has 110 valence electrons. The Bertz CT molecular complexity index is 612. The zero-order valence-corrected chi connectivity index (χ0v) is 11.5. The van der Waals surface area contributed by atoms with E-state index < -0.39 is 18.2 Å². The molecule has 1 heterocycles. The van der Waals surface area contributed by atoms with Gasteiger partial charge < -0.3 is 19.3 Å². The van der Waals surface area contributed by atoms with E-state index in [4.69, 9.17) is 9.47 Å². The molecule has 0 aromatic heterocycles. The van der Waals surface area contributed by atoms with Gasteiger partial charge in [0.15, 0.2) is 0 Å². The van der Waals surface area contributed by atoms with E-state index in [2.05, 4.69) is 4.74 Å². The predicted molar refractivity (Wildman–Crippen MR) is 72.8 cm³/mol. The topological polar surface area (TPSA) is 82.1 Å². The molecule has 6 heteroatoms. The molecule has 0 saturated heterocycles. The van der Waals surface area contributed by atoms with Crippen LogP contribution in [0, 0.1) is 0 Å². The van der Waals surface area contributed by atoms with Crippen molar-refractivity contribution in [1.82, 2.24) is 0 Å². The molecule has 1 aliphatic heterocycles. The van der Waals surface area contributed by atoms with Crippen molar-refractivity contribution in [2.75, 3.05) is 7.11 Å². The summed E-state index contributed by atoms with van der Waals surface area (Å²) in [5.74, 6) is -0.990. The lowest BCUT2D eigenvalue weighted by atomic mass is 10.1. The molecular weight excluding hydrogens is 276 g/mol. The van der Waals surface area contributed by atoms with Crippen molar-refractivity contribution in [1.29, 1.82) is 0 Å². The summed E-state index contributed by atoms with van der Waals surface area (Å²) in [5, 5.41) is 9.26. The van der Waals surface area contributed by atoms with Crippen LogP contribution in [-0.4, -0.2) is 30.4 Å². The van der Waals surface area contributed by atoms with Crippen LogP contribution < -0.4 is 0 Å². The Hall–Kier alpha value is -2.76. The minimum atomic E-state index is -0.866. The number of esters is 2. The summed E-state index contributed by atoms with van der Waals surface area (Å²) in [7, 11) is 1.25. The Morgan fingerprint density at radius 1 is 1.33 bits per heavy atom. The Morgan fingerprint density at radius 2 is 2.00 bits per heavy atom. The van der Waals surface area contributed by atoms with Gasteiger partial charge in [-0.15, -0.1) is 0 Å². The molecule has 21 heavy (non-hydrogen) atoms. The van der Waals surface area contributed by atoms with Gasteiger partial charge in [0.1, 0.15) is 17.6 Å². The molecule has 1 aromatic carbocycles. The third-order valence-corrected chi connectivity index (χ3v) is 2.83. The zero-order valence-electron chi connectivity index (χ0n) is 11.5. The summed E-state index contributed by atoms with van der Waals surface area (Å²) in [5.41, 5.74) is 1.09. The van der Waals surface area contributed by atoms with Crippen LogP contribution in [-0.2, 0) is 23.8 Å². The highest BCUT2D eigenvalue weighted by Crippen LogP contribution is 2.21. The first kappa shape index (κ1) is 14.6. The van der Waals surface area contributed by atoms with Crippen LogP contribution in [0.1, 0.15) is 12.5 Å². The molecule has 6 nitrogen and oxygen atoms in total. The third-order valence-electron chi connectivity index (χ3n) is 2.83. The van der Waals surface area contributed by atoms with Crippen LogP contribution in [0.3, 0.4) is 0 Å². The van der Waals surface area contributed by atoms with Gasteiger partial charge in [0.25, 0.3) is 6.29 Å². The molecule has 0 radical (unpaired) electrons. The summed E-state index contributed by atoms with van der Waals surface area (Å²) < 4.78 is 14.9. The first-order valence-electron chi connectivity index (χ1n) is 6.14. The van der Waals surface area contributed by atoms with Crippen LogP contribution in [0.2, 0.25) is 0 Å². The SMILES string of the molecule is COC(=O)/C(=C/OC1C=C(C)C(=O)O1)c1ccc(O)cc1. The Balaban J connectivity index is 2.20. The number of carbonyl (C=O) groups is 2. The molecule has 0 fully saturated rings. The van der Waals surface area contributed by atoms with Crippen LogP contribution in [0.25, 0.3) is 5.57 Å². The lowest BCUT2D eigenvalue weighted by Crippen LogP contribution is -2.11. The number of carbonyl (C=O) groups excluding carboxylic acids is 2. The molecular formula is C15H14O6. The molecule has 1 N–H and O–H groups in total. The van der Waals surface area contributed by atoms with E-state index >= 15 is 0 Å². The summed E-state index contributed by atoms with van der Waals surface area (Å²) in [6.07, 6.45) is 1.81. The number of hydrogen-bond acceptors (Lipinski definition) is 6. The smallest absolute Gasteiger partial charge is 0.341 e. The summed E-state index contributed by atoms with van der Waals surface area (Å²) in [6.45, 7) is 1.61. The number of rotatable bonds is 4. The lowest BCUT2D eigenvalue weighted by molar-refractivity contribution is -0.152. The number of cyclic esters (lactones) is 1. The number of methoxy groups -OCH3 is 1. The Morgan fingerprint density at radius 3 is 2.52 bits per heavy atom. The van der Waals surface area contributed by atoms with Crippen molar-refractivity contribution in [3.8, 4) is 5.75 Å². The average molecular weight is 290 g/mol. The number of benzene rings is 1. The van der Waals surface area contributed by atoms with E-state index in [0.29, 0.717) is 11.1 Å². The second-order valence-electron chi connectivity index (χ2n) is 4.33. The number of aromatic hydroxyl groups is 1. The van der Waals surface area contributed by atoms with Crippen molar-refractivity contribution in [2.24, 2.45) is 0 Å². The van der Waals surface area contributed by atoms with Gasteiger partial charge in [-0.3, -0.25) is 0 Å². The molecule has 0 spiro atoms. The van der Waals surface area contributed by atoms with Crippen molar-refractivity contribution in [3.63, 3.8) is 0 Å². The molecule has 1 atom stereocenters. The number of ether oxygens (including phenoxy) is 3. The van der Waals surface area contributed by atoms with Crippen molar-refractivity contribution in [3.05, 3.63) is 47.7 Å². The number of phenolic OH excluding ortho intramolecular Hbond substituents is 1. The maximum atomic E-state index is 11.8. The third kappa shape index (κ3) is 3.42. The first-order valence-corrected chi connectivity index (χ1v) is 6.14. The Kier molecular flexibility index (Phi) is 4.27. The Labute approximate surface area is 121 Å². The normalized spacial score (nSPS) is 18.0. The monoisotopic (exact) mass is 290 g/mol. The predicted octanol–water partition coefficient (Wildman–Crippen LogP) is 1.75. The maximum absolute atomic E-state index is 11.8. The highest BCUT2D eigenvalue weighted by atomic mass is 16.7. The number of phenols is 1. The minimum absolute atomic E-state index is 0.0761. The summed E-state index contributed by atoms with van der Waals surface area (Å²) in [6, 6.07) is 5.96. The van der Waals surface area contributed by atoms with Gasteiger partial charge in [0.2, 0.25) is 0 Å². The molecule has 1 aromatic rings. The van der Waals surface area contributed by atoms with Gasteiger partial charge in [-0.1, -0.05) is 12.1 Å². The minimum Gasteiger partial charge on any atom is -0.508 e. The highest BCUT2D eigenvalue weighted by molar-refractivity contribution is 6.16. The fourth-order valence-corrected chi connectivity index (χ4v) is 1.69. The van der Waals surface area contributed by atoms with E-state index in [-0.39, 0.29) is 11.3 Å². The molecule has 1 unspecified atom stereocenters. The quantitative estimate of drug-likeness (QED) is 0.517. The molecule has 0 saturated carbocycles. The summed E-state index contributed by atoms with van der Waals surface area (Å²) >= 11 is 0. The molecule has 2 rings (SSSR count). The highest BCUT2D eigenvalue weighted by Gasteiger charge is 2.23. The van der Waals surface area contributed by atoms with Crippen LogP contribution >= 0.6 is 0 Å². The summed E-state index contributed by atoms with van der Waals surface area (Å²) in [4.78, 5) is 23.0. The molecule has 0 amide bonds. The van der Waals surface area contributed by atoms with E-state index in [0.717, 1.165) is 0 Å². The fourth-order valence-electron chi connectivity index (χ4n) is 1.69. The second kappa shape index (κ2) is 6.13. The first-order chi connectivity index (χ1) is 10.0. The largest absolute Gasteiger partial charge is 0.508 e. The lowest BCUT2D eigenvalue weighted by Gasteiger charge is -2.10. The second-order valence-corrected chi connectivity index (χ2v) is 4.33. The standard InChI is InChI=1S/C15H14O6/c1-9-7-13(21-14(9)17)20-8-12(15(18)19-2)10-3-5-11(16)6-4-10/h3-8,13,16H,1-2H3/b12-8+. The zero-order chi connectivity index (χ0) is 15.4. The van der Waals surface area contributed by atoms with E-state index in [9.17, 15) is 14.7 Å². The van der Waals surface area contributed by atoms with Crippen molar-refractivity contribution in [2.45, 2.75) is 13.2 Å². The van der Waals surface area contributed by atoms with Crippen LogP contribution in [0.4, 0.5) is 0 Å². The fraction of sp³-hybridized carbons (Fsp3) is 0.200.